The van der Waals surface area contributed by atoms with Crippen LogP contribution in [0.2, 0.25) is 0 Å². The van der Waals surface area contributed by atoms with Gasteiger partial charge in [-0.3, -0.25) is 0 Å². The molecule has 0 radical (unpaired) electrons. The Morgan fingerprint density at radius 1 is 1.19 bits per heavy atom. The SMILES string of the molecule is NCCCCc1ccc(O)c(C(F)(F)F)c1. The van der Waals surface area contributed by atoms with E-state index in [1.54, 1.807) is 0 Å². The van der Waals surface area contributed by atoms with Crippen LogP contribution >= 0.6 is 0 Å². The van der Waals surface area contributed by atoms with Crippen molar-refractivity contribution in [3.8, 4) is 5.75 Å². The van der Waals surface area contributed by atoms with E-state index < -0.39 is 17.5 Å². The van der Waals surface area contributed by atoms with Crippen LogP contribution in [0.5, 0.6) is 5.75 Å². The van der Waals surface area contributed by atoms with Crippen LogP contribution in [0.15, 0.2) is 18.2 Å². The van der Waals surface area contributed by atoms with Gasteiger partial charge in [0.1, 0.15) is 5.75 Å². The molecule has 0 atom stereocenters. The lowest BCUT2D eigenvalue weighted by atomic mass is 10.0. The molecule has 0 aliphatic rings. The zero-order chi connectivity index (χ0) is 12.2. The quantitative estimate of drug-likeness (QED) is 0.785. The summed E-state index contributed by atoms with van der Waals surface area (Å²) < 4.78 is 37.3. The van der Waals surface area contributed by atoms with Crippen LogP contribution in [0.3, 0.4) is 0 Å². The highest BCUT2D eigenvalue weighted by Gasteiger charge is 2.33. The van der Waals surface area contributed by atoms with Gasteiger partial charge >= 0.3 is 6.18 Å². The number of aryl methyl sites for hydroxylation is 1. The number of rotatable bonds is 4. The molecule has 0 aliphatic carbocycles. The van der Waals surface area contributed by atoms with Crippen LogP contribution in [-0.4, -0.2) is 11.7 Å². The second-order valence-electron chi connectivity index (χ2n) is 3.60. The van der Waals surface area contributed by atoms with Gasteiger partial charge in [0.05, 0.1) is 5.56 Å². The molecular formula is C11H14F3NO. The molecule has 0 bridgehead atoms. The maximum absolute atomic E-state index is 12.4. The molecule has 5 heteroatoms. The minimum absolute atomic E-state index is 0.532. The van der Waals surface area contributed by atoms with Gasteiger partial charge in [-0.2, -0.15) is 13.2 Å². The standard InChI is InChI=1S/C11H14F3NO/c12-11(13,14)9-7-8(3-1-2-6-15)4-5-10(9)16/h4-5,7,16H,1-3,6,15H2. The lowest BCUT2D eigenvalue weighted by molar-refractivity contribution is -0.138. The number of aromatic hydroxyl groups is 1. The summed E-state index contributed by atoms with van der Waals surface area (Å²) in [6.07, 6.45) is -2.44. The number of phenolic OH excluding ortho intramolecular Hbond substituents is 1. The van der Waals surface area contributed by atoms with E-state index in [-0.39, 0.29) is 0 Å². The summed E-state index contributed by atoms with van der Waals surface area (Å²) in [7, 11) is 0. The monoisotopic (exact) mass is 233 g/mol. The fraction of sp³-hybridized carbons (Fsp3) is 0.455. The highest BCUT2D eigenvalue weighted by Crippen LogP contribution is 2.36. The Balaban J connectivity index is 2.82. The van der Waals surface area contributed by atoms with E-state index in [2.05, 4.69) is 0 Å². The van der Waals surface area contributed by atoms with E-state index in [1.165, 1.54) is 6.07 Å². The fourth-order valence-electron chi connectivity index (χ4n) is 1.44. The minimum atomic E-state index is -4.51. The Kier molecular flexibility index (Phi) is 4.18. The molecule has 0 amide bonds. The second-order valence-corrected chi connectivity index (χ2v) is 3.60. The van der Waals surface area contributed by atoms with Crippen LogP contribution in [0, 0.1) is 0 Å². The molecule has 1 aromatic rings. The highest BCUT2D eigenvalue weighted by molar-refractivity contribution is 5.38. The van der Waals surface area contributed by atoms with Gasteiger partial charge in [-0.15, -0.1) is 0 Å². The summed E-state index contributed by atoms with van der Waals surface area (Å²) in [4.78, 5) is 0. The molecule has 0 aromatic heterocycles. The maximum atomic E-state index is 12.4. The third-order valence-corrected chi connectivity index (χ3v) is 2.29. The van der Waals surface area contributed by atoms with Crippen molar-refractivity contribution in [2.45, 2.75) is 25.4 Å². The highest BCUT2D eigenvalue weighted by atomic mass is 19.4. The summed E-state index contributed by atoms with van der Waals surface area (Å²) >= 11 is 0. The smallest absolute Gasteiger partial charge is 0.419 e. The van der Waals surface area contributed by atoms with Crippen molar-refractivity contribution in [2.24, 2.45) is 5.73 Å². The molecule has 0 heterocycles. The average molecular weight is 233 g/mol. The minimum Gasteiger partial charge on any atom is -0.507 e. The number of phenols is 1. The number of hydrogen-bond donors (Lipinski definition) is 2. The molecule has 0 unspecified atom stereocenters. The number of nitrogens with two attached hydrogens (primary N) is 1. The van der Waals surface area contributed by atoms with Crippen LogP contribution in [0.4, 0.5) is 13.2 Å². The summed E-state index contributed by atoms with van der Waals surface area (Å²) in [5.41, 5.74) is 4.89. The molecule has 90 valence electrons. The molecule has 0 aliphatic heterocycles. The molecule has 2 nitrogen and oxygen atoms in total. The van der Waals surface area contributed by atoms with E-state index in [4.69, 9.17) is 10.8 Å². The van der Waals surface area contributed by atoms with Crippen molar-refractivity contribution in [1.29, 1.82) is 0 Å². The van der Waals surface area contributed by atoms with Gasteiger partial charge in [0.2, 0.25) is 0 Å². The number of unbranched alkanes of at least 4 members (excludes halogenated alkanes) is 1. The third kappa shape index (κ3) is 3.41. The van der Waals surface area contributed by atoms with E-state index in [0.717, 1.165) is 25.0 Å². The first-order chi connectivity index (χ1) is 7.45. The molecule has 0 saturated heterocycles. The van der Waals surface area contributed by atoms with Gasteiger partial charge in [-0.25, -0.2) is 0 Å². The van der Waals surface area contributed by atoms with Crippen molar-refractivity contribution < 1.29 is 18.3 Å². The van der Waals surface area contributed by atoms with Crippen molar-refractivity contribution in [1.82, 2.24) is 0 Å². The average Bonchev–Trinajstić information content (AvgIpc) is 2.19. The van der Waals surface area contributed by atoms with Gasteiger partial charge in [-0.1, -0.05) is 6.07 Å². The van der Waals surface area contributed by atoms with Gasteiger partial charge < -0.3 is 10.8 Å². The van der Waals surface area contributed by atoms with Crippen molar-refractivity contribution in [3.05, 3.63) is 29.3 Å². The first kappa shape index (κ1) is 12.8. The predicted octanol–water partition coefficient (Wildman–Crippen LogP) is 2.69. The Morgan fingerprint density at radius 2 is 1.88 bits per heavy atom. The lowest BCUT2D eigenvalue weighted by Crippen LogP contribution is -2.06. The van der Waals surface area contributed by atoms with E-state index >= 15 is 0 Å². The van der Waals surface area contributed by atoms with E-state index in [9.17, 15) is 13.2 Å². The third-order valence-electron chi connectivity index (χ3n) is 2.29. The summed E-state index contributed by atoms with van der Waals surface area (Å²) in [5, 5.41) is 9.10. The molecule has 0 spiro atoms. The zero-order valence-corrected chi connectivity index (χ0v) is 8.72. The van der Waals surface area contributed by atoms with Gasteiger partial charge in [0.25, 0.3) is 0 Å². The predicted molar refractivity (Wildman–Crippen MR) is 55.1 cm³/mol. The normalized spacial score (nSPS) is 11.8. The van der Waals surface area contributed by atoms with Crippen molar-refractivity contribution >= 4 is 0 Å². The number of benzene rings is 1. The molecule has 0 saturated carbocycles. The van der Waals surface area contributed by atoms with E-state index in [1.807, 2.05) is 0 Å². The van der Waals surface area contributed by atoms with Crippen LogP contribution in [0.1, 0.15) is 24.0 Å². The Bertz CT molecular complexity index is 350. The Morgan fingerprint density at radius 3 is 2.44 bits per heavy atom. The molecule has 16 heavy (non-hydrogen) atoms. The van der Waals surface area contributed by atoms with Crippen LogP contribution in [0.25, 0.3) is 0 Å². The van der Waals surface area contributed by atoms with Gasteiger partial charge in [0, 0.05) is 0 Å². The lowest BCUT2D eigenvalue weighted by Gasteiger charge is -2.10. The van der Waals surface area contributed by atoms with Crippen molar-refractivity contribution in [2.75, 3.05) is 6.54 Å². The number of hydrogen-bond acceptors (Lipinski definition) is 2. The maximum Gasteiger partial charge on any atom is 0.419 e. The Labute approximate surface area is 91.9 Å². The number of alkyl halides is 3. The summed E-state index contributed by atoms with van der Waals surface area (Å²) in [5.74, 6) is -0.727. The molecular weight excluding hydrogens is 219 g/mol. The second kappa shape index (κ2) is 5.21. The molecule has 1 rings (SSSR count). The summed E-state index contributed by atoms with van der Waals surface area (Å²) in [6.45, 7) is 0.532. The van der Waals surface area contributed by atoms with E-state index in [0.29, 0.717) is 18.5 Å². The first-order valence-corrected chi connectivity index (χ1v) is 5.04. The molecule has 0 fully saturated rings. The molecule has 3 N–H and O–H groups in total. The molecule has 1 aromatic carbocycles. The van der Waals surface area contributed by atoms with Gasteiger partial charge in [-0.05, 0) is 43.5 Å². The topological polar surface area (TPSA) is 46.2 Å². The first-order valence-electron chi connectivity index (χ1n) is 5.04. The van der Waals surface area contributed by atoms with Crippen LogP contribution in [-0.2, 0) is 12.6 Å². The van der Waals surface area contributed by atoms with Gasteiger partial charge in [0.15, 0.2) is 0 Å². The zero-order valence-electron chi connectivity index (χ0n) is 8.72. The van der Waals surface area contributed by atoms with Crippen LogP contribution < -0.4 is 5.73 Å². The van der Waals surface area contributed by atoms with Crippen molar-refractivity contribution in [3.63, 3.8) is 0 Å². The summed E-state index contributed by atoms with van der Waals surface area (Å²) in [6, 6.07) is 3.58. The fourth-order valence-corrected chi connectivity index (χ4v) is 1.44. The number of halogens is 3. The Hall–Kier alpha value is -1.23. The largest absolute Gasteiger partial charge is 0.507 e.